The van der Waals surface area contributed by atoms with Crippen molar-refractivity contribution in [1.29, 1.82) is 0 Å². The van der Waals surface area contributed by atoms with Crippen LogP contribution in [0.15, 0.2) is 46.3 Å². The van der Waals surface area contributed by atoms with Crippen molar-refractivity contribution in [3.8, 4) is 11.5 Å². The van der Waals surface area contributed by atoms with E-state index in [4.69, 9.17) is 9.47 Å². The molecule has 0 fully saturated rings. The number of rotatable bonds is 7. The molecule has 0 saturated carbocycles. The molecule has 31 heavy (non-hydrogen) atoms. The minimum Gasteiger partial charge on any atom is -0.454 e. The molecule has 0 spiro atoms. The van der Waals surface area contributed by atoms with Gasteiger partial charge in [0.25, 0.3) is 0 Å². The van der Waals surface area contributed by atoms with Crippen LogP contribution in [0.5, 0.6) is 11.5 Å². The molecule has 4 rings (SSSR count). The highest BCUT2D eigenvalue weighted by molar-refractivity contribution is 7.98. The lowest BCUT2D eigenvalue weighted by Gasteiger charge is -2.05. The standard InChI is InChI=1S/C21H22N2O5S3/c1-14-3-5-15(6-4-14)31(25,26)10-7-20(24)22-21-23(8-9-29-2)16-11-17-18(28-13-27-17)12-19(16)30-21/h3-6,11-12H,7-10,13H2,1-2H3. The van der Waals surface area contributed by atoms with Crippen LogP contribution in [-0.2, 0) is 21.2 Å². The number of amides is 1. The number of aromatic nitrogens is 1. The summed E-state index contributed by atoms with van der Waals surface area (Å²) in [7, 11) is -3.54. The Kier molecular flexibility index (Phi) is 6.40. The summed E-state index contributed by atoms with van der Waals surface area (Å²) in [6.07, 6.45) is 1.84. The van der Waals surface area contributed by atoms with Crippen LogP contribution < -0.4 is 14.3 Å². The molecular formula is C21H22N2O5S3. The SMILES string of the molecule is CSCCn1c(=NC(=O)CCS(=O)(=O)c2ccc(C)cc2)sc2cc3c(cc21)OCO3. The fraction of sp³-hybridized carbons (Fsp3) is 0.333. The first kappa shape index (κ1) is 21.9. The lowest BCUT2D eigenvalue weighted by Crippen LogP contribution is -2.19. The molecule has 1 amide bonds. The van der Waals surface area contributed by atoms with Crippen molar-refractivity contribution in [2.75, 3.05) is 24.6 Å². The Morgan fingerprint density at radius 2 is 1.90 bits per heavy atom. The van der Waals surface area contributed by atoms with Crippen molar-refractivity contribution >= 4 is 49.1 Å². The Labute approximate surface area is 188 Å². The maximum Gasteiger partial charge on any atom is 0.249 e. The summed E-state index contributed by atoms with van der Waals surface area (Å²) in [6, 6.07) is 10.4. The van der Waals surface area contributed by atoms with Crippen molar-refractivity contribution in [1.82, 2.24) is 4.57 Å². The number of benzene rings is 2. The van der Waals surface area contributed by atoms with Gasteiger partial charge in [-0.3, -0.25) is 4.79 Å². The Balaban J connectivity index is 1.60. The zero-order valence-corrected chi connectivity index (χ0v) is 19.6. The molecule has 1 aliphatic rings. The van der Waals surface area contributed by atoms with Gasteiger partial charge in [0.15, 0.2) is 26.1 Å². The minimum absolute atomic E-state index is 0.171. The lowest BCUT2D eigenvalue weighted by atomic mass is 10.2. The van der Waals surface area contributed by atoms with E-state index < -0.39 is 15.7 Å². The summed E-state index contributed by atoms with van der Waals surface area (Å²) >= 11 is 3.08. The Bertz CT molecular complexity index is 1290. The highest BCUT2D eigenvalue weighted by atomic mass is 32.2. The van der Waals surface area contributed by atoms with Crippen LogP contribution in [0, 0.1) is 6.92 Å². The van der Waals surface area contributed by atoms with Crippen molar-refractivity contribution < 1.29 is 22.7 Å². The molecular weight excluding hydrogens is 456 g/mol. The van der Waals surface area contributed by atoms with Gasteiger partial charge in [0.2, 0.25) is 12.7 Å². The molecule has 3 aromatic rings. The van der Waals surface area contributed by atoms with E-state index >= 15 is 0 Å². The van der Waals surface area contributed by atoms with E-state index in [2.05, 4.69) is 4.99 Å². The van der Waals surface area contributed by atoms with Crippen molar-refractivity contribution in [3.05, 3.63) is 46.8 Å². The van der Waals surface area contributed by atoms with Gasteiger partial charge in [0.1, 0.15) is 0 Å². The van der Waals surface area contributed by atoms with Gasteiger partial charge in [-0.15, -0.1) is 0 Å². The molecule has 1 aliphatic heterocycles. The van der Waals surface area contributed by atoms with E-state index in [-0.39, 0.29) is 23.9 Å². The van der Waals surface area contributed by atoms with E-state index in [1.165, 1.54) is 11.3 Å². The summed E-state index contributed by atoms with van der Waals surface area (Å²) in [4.78, 5) is 17.6. The van der Waals surface area contributed by atoms with Gasteiger partial charge in [-0.1, -0.05) is 29.0 Å². The highest BCUT2D eigenvalue weighted by Crippen LogP contribution is 2.37. The van der Waals surface area contributed by atoms with Crippen LogP contribution in [0.1, 0.15) is 12.0 Å². The van der Waals surface area contributed by atoms with Gasteiger partial charge in [0, 0.05) is 30.9 Å². The van der Waals surface area contributed by atoms with Crippen molar-refractivity contribution in [2.45, 2.75) is 24.8 Å². The molecule has 10 heteroatoms. The molecule has 0 atom stereocenters. The minimum atomic E-state index is -3.54. The topological polar surface area (TPSA) is 87.0 Å². The van der Waals surface area contributed by atoms with Gasteiger partial charge in [-0.05, 0) is 25.3 Å². The van der Waals surface area contributed by atoms with Crippen LogP contribution in [0.2, 0.25) is 0 Å². The molecule has 0 aliphatic carbocycles. The van der Waals surface area contributed by atoms with Crippen molar-refractivity contribution in [2.24, 2.45) is 4.99 Å². The predicted molar refractivity (Wildman–Crippen MR) is 123 cm³/mol. The average molecular weight is 479 g/mol. The second-order valence-electron chi connectivity index (χ2n) is 7.09. The van der Waals surface area contributed by atoms with Crippen molar-refractivity contribution in [3.63, 3.8) is 0 Å². The molecule has 0 saturated heterocycles. The number of thiazole rings is 1. The Hall–Kier alpha value is -2.30. The van der Waals surface area contributed by atoms with E-state index in [0.717, 1.165) is 21.5 Å². The molecule has 0 bridgehead atoms. The molecule has 7 nitrogen and oxygen atoms in total. The molecule has 1 aromatic heterocycles. The molecule has 0 radical (unpaired) electrons. The smallest absolute Gasteiger partial charge is 0.249 e. The number of nitrogens with zero attached hydrogens (tertiary/aromatic N) is 2. The first-order chi connectivity index (χ1) is 14.9. The number of aryl methyl sites for hydroxylation is 2. The zero-order valence-electron chi connectivity index (χ0n) is 17.2. The fourth-order valence-electron chi connectivity index (χ4n) is 3.19. The highest BCUT2D eigenvalue weighted by Gasteiger charge is 2.19. The normalized spacial score (nSPS) is 13.8. The van der Waals surface area contributed by atoms with E-state index in [9.17, 15) is 13.2 Å². The van der Waals surface area contributed by atoms with Crippen LogP contribution in [-0.4, -0.2) is 43.4 Å². The monoisotopic (exact) mass is 478 g/mol. The first-order valence-electron chi connectivity index (χ1n) is 9.66. The summed E-state index contributed by atoms with van der Waals surface area (Å²) in [5.41, 5.74) is 1.90. The number of hydrogen-bond acceptors (Lipinski definition) is 7. The second-order valence-corrected chi connectivity index (χ2v) is 11.2. The number of fused-ring (bicyclic) bond motifs is 2. The fourth-order valence-corrected chi connectivity index (χ4v) is 5.87. The van der Waals surface area contributed by atoms with E-state index in [1.54, 1.807) is 36.0 Å². The third-order valence-corrected chi connectivity index (χ3v) is 8.25. The predicted octanol–water partition coefficient (Wildman–Crippen LogP) is 3.39. The Morgan fingerprint density at radius 1 is 1.19 bits per heavy atom. The maximum atomic E-state index is 12.6. The van der Waals surface area contributed by atoms with Gasteiger partial charge in [-0.25, -0.2) is 8.42 Å². The maximum absolute atomic E-state index is 12.6. The molecule has 0 unspecified atom stereocenters. The number of carbonyl (C=O) groups is 1. The molecule has 164 valence electrons. The molecule has 2 heterocycles. The van der Waals surface area contributed by atoms with Gasteiger partial charge in [0.05, 0.1) is 20.9 Å². The third-order valence-electron chi connectivity index (χ3n) is 4.88. The Morgan fingerprint density at radius 3 is 2.61 bits per heavy atom. The summed E-state index contributed by atoms with van der Waals surface area (Å²) in [5.74, 6) is 1.46. The number of hydrogen-bond donors (Lipinski definition) is 0. The van der Waals surface area contributed by atoms with E-state index in [1.807, 2.05) is 29.9 Å². The quantitative estimate of drug-likeness (QED) is 0.517. The number of carbonyl (C=O) groups excluding carboxylic acids is 1. The number of thioether (sulfide) groups is 1. The van der Waals surface area contributed by atoms with Crippen LogP contribution in [0.25, 0.3) is 10.2 Å². The number of sulfone groups is 1. The van der Waals surface area contributed by atoms with Crippen LogP contribution >= 0.6 is 23.1 Å². The second kappa shape index (κ2) is 9.05. The first-order valence-corrected chi connectivity index (χ1v) is 13.5. The van der Waals surface area contributed by atoms with Gasteiger partial charge in [-0.2, -0.15) is 16.8 Å². The zero-order chi connectivity index (χ0) is 22.0. The van der Waals surface area contributed by atoms with E-state index in [0.29, 0.717) is 22.8 Å². The average Bonchev–Trinajstić information content (AvgIpc) is 3.33. The summed E-state index contributed by atoms with van der Waals surface area (Å²) < 4.78 is 38.9. The molecule has 2 aromatic carbocycles. The summed E-state index contributed by atoms with van der Waals surface area (Å²) in [5, 5.41) is 0. The third kappa shape index (κ3) is 4.81. The lowest BCUT2D eigenvalue weighted by molar-refractivity contribution is -0.117. The largest absolute Gasteiger partial charge is 0.454 e. The van der Waals surface area contributed by atoms with Gasteiger partial charge >= 0.3 is 0 Å². The van der Waals surface area contributed by atoms with Crippen LogP contribution in [0.4, 0.5) is 0 Å². The van der Waals surface area contributed by atoms with Crippen LogP contribution in [0.3, 0.4) is 0 Å². The number of ether oxygens (including phenoxy) is 2. The molecule has 0 N–H and O–H groups in total. The van der Waals surface area contributed by atoms with Gasteiger partial charge < -0.3 is 14.0 Å². The summed E-state index contributed by atoms with van der Waals surface area (Å²) in [6.45, 7) is 2.76.